The Morgan fingerprint density at radius 1 is 1.11 bits per heavy atom. The summed E-state index contributed by atoms with van der Waals surface area (Å²) in [6.45, 7) is 0. The van der Waals surface area contributed by atoms with Gasteiger partial charge in [-0.1, -0.05) is 12.1 Å². The molecule has 0 saturated heterocycles. The Kier molecular flexibility index (Phi) is 3.24. The van der Waals surface area contributed by atoms with Crippen molar-refractivity contribution in [3.8, 4) is 22.9 Å². The first kappa shape index (κ1) is 12.1. The largest absolute Gasteiger partial charge is 0.497 e. The maximum absolute atomic E-state index is 13.7. The standard InChI is InChI=1S/C14H9F2NO/c1-18-10-6-5-9(8-17)12(7-10)11-3-2-4-13(15)14(11)16/h2-7H,1H3. The zero-order valence-electron chi connectivity index (χ0n) is 9.58. The van der Waals surface area contributed by atoms with Gasteiger partial charge < -0.3 is 4.74 Å². The molecule has 0 heterocycles. The molecule has 0 aliphatic carbocycles. The lowest BCUT2D eigenvalue weighted by molar-refractivity contribution is 0.415. The summed E-state index contributed by atoms with van der Waals surface area (Å²) in [6.07, 6.45) is 0. The van der Waals surface area contributed by atoms with Crippen molar-refractivity contribution < 1.29 is 13.5 Å². The van der Waals surface area contributed by atoms with Crippen molar-refractivity contribution in [2.24, 2.45) is 0 Å². The van der Waals surface area contributed by atoms with E-state index in [1.165, 1.54) is 31.4 Å². The van der Waals surface area contributed by atoms with Crippen LogP contribution in [-0.4, -0.2) is 7.11 Å². The highest BCUT2D eigenvalue weighted by Crippen LogP contribution is 2.30. The van der Waals surface area contributed by atoms with Gasteiger partial charge in [0.15, 0.2) is 11.6 Å². The predicted molar refractivity (Wildman–Crippen MR) is 63.1 cm³/mol. The van der Waals surface area contributed by atoms with Crippen LogP contribution in [0, 0.1) is 23.0 Å². The van der Waals surface area contributed by atoms with Gasteiger partial charge >= 0.3 is 0 Å². The van der Waals surface area contributed by atoms with Gasteiger partial charge in [-0.25, -0.2) is 8.78 Å². The minimum Gasteiger partial charge on any atom is -0.497 e. The van der Waals surface area contributed by atoms with Gasteiger partial charge in [0, 0.05) is 11.1 Å². The Labute approximate surface area is 103 Å². The van der Waals surface area contributed by atoms with E-state index in [-0.39, 0.29) is 11.1 Å². The number of rotatable bonds is 2. The van der Waals surface area contributed by atoms with Gasteiger partial charge in [0.05, 0.1) is 18.7 Å². The van der Waals surface area contributed by atoms with Crippen LogP contribution < -0.4 is 4.74 Å². The lowest BCUT2D eigenvalue weighted by Gasteiger charge is -2.08. The minimum absolute atomic E-state index is 0.0467. The second kappa shape index (κ2) is 4.84. The molecule has 0 fully saturated rings. The molecule has 0 aliphatic heterocycles. The van der Waals surface area contributed by atoms with E-state index in [2.05, 4.69) is 0 Å². The number of nitrogens with zero attached hydrogens (tertiary/aromatic N) is 1. The predicted octanol–water partition coefficient (Wildman–Crippen LogP) is 3.51. The van der Waals surface area contributed by atoms with Crippen LogP contribution >= 0.6 is 0 Å². The number of methoxy groups -OCH3 is 1. The molecule has 2 aromatic rings. The van der Waals surface area contributed by atoms with Crippen LogP contribution in [-0.2, 0) is 0 Å². The number of benzene rings is 2. The van der Waals surface area contributed by atoms with Crippen LogP contribution in [0.3, 0.4) is 0 Å². The van der Waals surface area contributed by atoms with Crippen molar-refractivity contribution >= 4 is 0 Å². The molecule has 0 N–H and O–H groups in total. The maximum Gasteiger partial charge on any atom is 0.166 e. The molecule has 2 aromatic carbocycles. The van der Waals surface area contributed by atoms with Crippen molar-refractivity contribution in [3.63, 3.8) is 0 Å². The van der Waals surface area contributed by atoms with Crippen LogP contribution in [0.25, 0.3) is 11.1 Å². The van der Waals surface area contributed by atoms with Crippen molar-refractivity contribution in [2.75, 3.05) is 7.11 Å². The van der Waals surface area contributed by atoms with E-state index in [1.54, 1.807) is 6.07 Å². The van der Waals surface area contributed by atoms with Crippen molar-refractivity contribution in [2.45, 2.75) is 0 Å². The summed E-state index contributed by atoms with van der Waals surface area (Å²) in [5.41, 5.74) is 0.625. The molecule has 4 heteroatoms. The van der Waals surface area contributed by atoms with Crippen molar-refractivity contribution in [3.05, 3.63) is 53.6 Å². The molecule has 0 bridgehead atoms. The lowest BCUT2D eigenvalue weighted by Crippen LogP contribution is -1.93. The molecule has 18 heavy (non-hydrogen) atoms. The summed E-state index contributed by atoms with van der Waals surface area (Å²) in [5.74, 6) is -1.44. The zero-order chi connectivity index (χ0) is 13.1. The number of hydrogen-bond acceptors (Lipinski definition) is 2. The number of ether oxygens (including phenoxy) is 1. The SMILES string of the molecule is COc1ccc(C#N)c(-c2cccc(F)c2F)c1. The summed E-state index contributed by atoms with van der Waals surface area (Å²) in [6, 6.07) is 10.4. The molecule has 0 spiro atoms. The van der Waals surface area contributed by atoms with Crippen LogP contribution in [0.1, 0.15) is 5.56 Å². The van der Waals surface area contributed by atoms with Gasteiger partial charge in [-0.15, -0.1) is 0 Å². The highest BCUT2D eigenvalue weighted by molar-refractivity contribution is 5.72. The van der Waals surface area contributed by atoms with Crippen LogP contribution in [0.4, 0.5) is 8.78 Å². The third kappa shape index (κ3) is 2.03. The second-order valence-electron chi connectivity index (χ2n) is 3.62. The number of nitriles is 1. The van der Waals surface area contributed by atoms with Gasteiger partial charge in [0.2, 0.25) is 0 Å². The summed E-state index contributed by atoms with van der Waals surface area (Å²) < 4.78 is 31.9. The smallest absolute Gasteiger partial charge is 0.166 e. The van der Waals surface area contributed by atoms with E-state index < -0.39 is 11.6 Å². The van der Waals surface area contributed by atoms with Gasteiger partial charge in [0.25, 0.3) is 0 Å². The fourth-order valence-corrected chi connectivity index (χ4v) is 1.68. The molecule has 0 aliphatic rings. The molecule has 0 radical (unpaired) electrons. The Morgan fingerprint density at radius 2 is 1.89 bits per heavy atom. The van der Waals surface area contributed by atoms with E-state index >= 15 is 0 Å². The Morgan fingerprint density at radius 3 is 2.56 bits per heavy atom. The van der Waals surface area contributed by atoms with Crippen LogP contribution in [0.15, 0.2) is 36.4 Å². The van der Waals surface area contributed by atoms with E-state index in [4.69, 9.17) is 10.00 Å². The monoisotopic (exact) mass is 245 g/mol. The molecule has 90 valence electrons. The van der Waals surface area contributed by atoms with E-state index in [9.17, 15) is 8.78 Å². The van der Waals surface area contributed by atoms with Crippen molar-refractivity contribution in [1.29, 1.82) is 5.26 Å². The first-order valence-corrected chi connectivity index (χ1v) is 5.20. The average molecular weight is 245 g/mol. The minimum atomic E-state index is -0.970. The molecule has 0 unspecified atom stereocenters. The molecule has 0 atom stereocenters. The Hall–Kier alpha value is -2.41. The molecular weight excluding hydrogens is 236 g/mol. The molecule has 0 saturated carbocycles. The second-order valence-corrected chi connectivity index (χ2v) is 3.62. The van der Waals surface area contributed by atoms with Crippen LogP contribution in [0.2, 0.25) is 0 Å². The van der Waals surface area contributed by atoms with Gasteiger partial charge in [0.1, 0.15) is 5.75 Å². The third-order valence-electron chi connectivity index (χ3n) is 2.59. The Balaban J connectivity index is 2.69. The van der Waals surface area contributed by atoms with E-state index in [1.807, 2.05) is 6.07 Å². The fourth-order valence-electron chi connectivity index (χ4n) is 1.68. The quantitative estimate of drug-likeness (QED) is 0.811. The topological polar surface area (TPSA) is 33.0 Å². The van der Waals surface area contributed by atoms with Crippen molar-refractivity contribution in [1.82, 2.24) is 0 Å². The maximum atomic E-state index is 13.7. The van der Waals surface area contributed by atoms with Gasteiger partial charge in [-0.3, -0.25) is 0 Å². The first-order chi connectivity index (χ1) is 8.67. The number of halogens is 2. The van der Waals surface area contributed by atoms with E-state index in [0.717, 1.165) is 6.07 Å². The first-order valence-electron chi connectivity index (χ1n) is 5.20. The zero-order valence-corrected chi connectivity index (χ0v) is 9.58. The third-order valence-corrected chi connectivity index (χ3v) is 2.59. The van der Waals surface area contributed by atoms with E-state index in [0.29, 0.717) is 11.3 Å². The molecular formula is C14H9F2NO. The highest BCUT2D eigenvalue weighted by Gasteiger charge is 2.13. The normalized spacial score (nSPS) is 9.89. The number of hydrogen-bond donors (Lipinski definition) is 0. The molecule has 2 rings (SSSR count). The summed E-state index contributed by atoms with van der Waals surface area (Å²) in [4.78, 5) is 0. The fraction of sp³-hybridized carbons (Fsp3) is 0.0714. The van der Waals surface area contributed by atoms with Gasteiger partial charge in [-0.05, 0) is 24.3 Å². The average Bonchev–Trinajstić information content (AvgIpc) is 2.41. The summed E-state index contributed by atoms with van der Waals surface area (Å²) in [5, 5.41) is 9.00. The van der Waals surface area contributed by atoms with Gasteiger partial charge in [-0.2, -0.15) is 5.26 Å². The molecule has 0 aromatic heterocycles. The summed E-state index contributed by atoms with van der Waals surface area (Å²) >= 11 is 0. The van der Waals surface area contributed by atoms with Crippen LogP contribution in [0.5, 0.6) is 5.75 Å². The molecule has 2 nitrogen and oxygen atoms in total. The Bertz CT molecular complexity index is 632. The lowest BCUT2D eigenvalue weighted by atomic mass is 9.99. The highest BCUT2D eigenvalue weighted by atomic mass is 19.2. The summed E-state index contributed by atoms with van der Waals surface area (Å²) in [7, 11) is 1.47. The molecule has 0 amide bonds.